The second-order valence-electron chi connectivity index (χ2n) is 4.46. The Balaban J connectivity index is 1.77. The molecule has 0 fully saturated rings. The SMILES string of the molecule is Cc1nc2cc(OCc3cccc(C#N)c3)ccc2o1. The van der Waals surface area contributed by atoms with Gasteiger partial charge in [0.05, 0.1) is 11.6 Å². The molecule has 0 unspecified atom stereocenters. The largest absolute Gasteiger partial charge is 0.489 e. The van der Waals surface area contributed by atoms with E-state index in [2.05, 4.69) is 11.1 Å². The van der Waals surface area contributed by atoms with Crippen LogP contribution in [0.1, 0.15) is 17.0 Å². The van der Waals surface area contributed by atoms with Gasteiger partial charge in [-0.05, 0) is 29.8 Å². The molecule has 4 nitrogen and oxygen atoms in total. The molecule has 1 aromatic heterocycles. The number of aryl methyl sites for hydroxylation is 1. The van der Waals surface area contributed by atoms with Crippen molar-refractivity contribution < 1.29 is 9.15 Å². The topological polar surface area (TPSA) is 59.0 Å². The molecule has 98 valence electrons. The quantitative estimate of drug-likeness (QED) is 0.725. The van der Waals surface area contributed by atoms with Crippen LogP contribution in [-0.2, 0) is 6.61 Å². The van der Waals surface area contributed by atoms with Gasteiger partial charge in [-0.3, -0.25) is 0 Å². The lowest BCUT2D eigenvalue weighted by Crippen LogP contribution is -1.95. The Hall–Kier alpha value is -2.80. The maximum absolute atomic E-state index is 8.86. The number of oxazole rings is 1. The fourth-order valence-electron chi connectivity index (χ4n) is 2.01. The maximum Gasteiger partial charge on any atom is 0.192 e. The van der Waals surface area contributed by atoms with Crippen molar-refractivity contribution in [2.45, 2.75) is 13.5 Å². The molecule has 4 heteroatoms. The maximum atomic E-state index is 8.86. The third-order valence-corrected chi connectivity index (χ3v) is 2.93. The first kappa shape index (κ1) is 12.2. The highest BCUT2D eigenvalue weighted by Gasteiger charge is 2.04. The first-order valence-corrected chi connectivity index (χ1v) is 6.23. The Bertz CT molecular complexity index is 800. The molecule has 2 aromatic carbocycles. The lowest BCUT2D eigenvalue weighted by molar-refractivity contribution is 0.306. The van der Waals surface area contributed by atoms with E-state index in [4.69, 9.17) is 14.4 Å². The molecule has 3 aromatic rings. The molecule has 0 saturated carbocycles. The van der Waals surface area contributed by atoms with Crippen molar-refractivity contribution in [3.8, 4) is 11.8 Å². The number of fused-ring (bicyclic) bond motifs is 1. The standard InChI is InChI=1S/C16H12N2O2/c1-11-18-15-8-14(5-6-16(15)20-11)19-10-13-4-2-3-12(7-13)9-17/h2-8H,10H2,1H3. The summed E-state index contributed by atoms with van der Waals surface area (Å²) in [5.41, 5.74) is 3.13. The van der Waals surface area contributed by atoms with Crippen LogP contribution in [0.25, 0.3) is 11.1 Å². The number of rotatable bonds is 3. The van der Waals surface area contributed by atoms with Crippen molar-refractivity contribution in [3.63, 3.8) is 0 Å². The van der Waals surface area contributed by atoms with Crippen molar-refractivity contribution in [3.05, 3.63) is 59.5 Å². The van der Waals surface area contributed by atoms with Crippen molar-refractivity contribution in [2.24, 2.45) is 0 Å². The smallest absolute Gasteiger partial charge is 0.192 e. The molecule has 0 saturated heterocycles. The van der Waals surface area contributed by atoms with E-state index in [1.807, 2.05) is 43.3 Å². The molecular weight excluding hydrogens is 252 g/mol. The second kappa shape index (κ2) is 5.06. The summed E-state index contributed by atoms with van der Waals surface area (Å²) >= 11 is 0. The molecule has 0 N–H and O–H groups in total. The van der Waals surface area contributed by atoms with Crippen molar-refractivity contribution in [1.82, 2.24) is 4.98 Å². The van der Waals surface area contributed by atoms with E-state index >= 15 is 0 Å². The molecule has 20 heavy (non-hydrogen) atoms. The zero-order valence-corrected chi connectivity index (χ0v) is 11.0. The van der Waals surface area contributed by atoms with Crippen molar-refractivity contribution in [1.29, 1.82) is 5.26 Å². The zero-order valence-electron chi connectivity index (χ0n) is 11.0. The number of nitriles is 1. The molecule has 0 amide bonds. The summed E-state index contributed by atoms with van der Waals surface area (Å²) in [6.07, 6.45) is 0. The van der Waals surface area contributed by atoms with Crippen LogP contribution in [-0.4, -0.2) is 4.98 Å². The van der Waals surface area contributed by atoms with Crippen molar-refractivity contribution >= 4 is 11.1 Å². The fourth-order valence-corrected chi connectivity index (χ4v) is 2.01. The first-order valence-electron chi connectivity index (χ1n) is 6.23. The van der Waals surface area contributed by atoms with E-state index in [0.717, 1.165) is 22.4 Å². The molecule has 0 atom stereocenters. The van der Waals surface area contributed by atoms with Crippen LogP contribution < -0.4 is 4.74 Å². The highest BCUT2D eigenvalue weighted by Crippen LogP contribution is 2.22. The van der Waals surface area contributed by atoms with Crippen LogP contribution in [0, 0.1) is 18.3 Å². The molecular formula is C16H12N2O2. The Morgan fingerprint density at radius 2 is 2.15 bits per heavy atom. The minimum atomic E-state index is 0.415. The van der Waals surface area contributed by atoms with Gasteiger partial charge in [-0.25, -0.2) is 4.98 Å². The van der Waals surface area contributed by atoms with Gasteiger partial charge in [-0.15, -0.1) is 0 Å². The lowest BCUT2D eigenvalue weighted by Gasteiger charge is -2.06. The Morgan fingerprint density at radius 1 is 1.25 bits per heavy atom. The van der Waals surface area contributed by atoms with Crippen LogP contribution in [0.3, 0.4) is 0 Å². The van der Waals surface area contributed by atoms with Crippen LogP contribution in [0.4, 0.5) is 0 Å². The summed E-state index contributed by atoms with van der Waals surface area (Å²) in [6, 6.07) is 15.0. The third-order valence-electron chi connectivity index (χ3n) is 2.93. The molecule has 0 bridgehead atoms. The Kier molecular flexibility index (Phi) is 3.10. The van der Waals surface area contributed by atoms with E-state index in [1.165, 1.54) is 0 Å². The summed E-state index contributed by atoms with van der Waals surface area (Å²) in [5, 5.41) is 8.86. The molecule has 0 aliphatic heterocycles. The van der Waals surface area contributed by atoms with Gasteiger partial charge in [-0.2, -0.15) is 5.26 Å². The number of hydrogen-bond donors (Lipinski definition) is 0. The van der Waals surface area contributed by atoms with Gasteiger partial charge < -0.3 is 9.15 Å². The van der Waals surface area contributed by atoms with Gasteiger partial charge in [-0.1, -0.05) is 12.1 Å². The average Bonchev–Trinajstić information content (AvgIpc) is 2.84. The van der Waals surface area contributed by atoms with Gasteiger partial charge in [0.2, 0.25) is 0 Å². The highest BCUT2D eigenvalue weighted by atomic mass is 16.5. The van der Waals surface area contributed by atoms with Gasteiger partial charge in [0, 0.05) is 13.0 Å². The van der Waals surface area contributed by atoms with E-state index in [1.54, 1.807) is 6.07 Å². The molecule has 0 aliphatic carbocycles. The van der Waals surface area contributed by atoms with Gasteiger partial charge in [0.15, 0.2) is 11.5 Å². The third kappa shape index (κ3) is 2.47. The van der Waals surface area contributed by atoms with Crippen LogP contribution in [0.5, 0.6) is 5.75 Å². The minimum absolute atomic E-state index is 0.415. The number of ether oxygens (including phenoxy) is 1. The van der Waals surface area contributed by atoms with E-state index in [9.17, 15) is 0 Å². The molecule has 0 aliphatic rings. The number of nitrogens with zero attached hydrogens (tertiary/aromatic N) is 2. The molecule has 0 spiro atoms. The van der Waals surface area contributed by atoms with Gasteiger partial charge in [0.25, 0.3) is 0 Å². The van der Waals surface area contributed by atoms with Crippen LogP contribution >= 0.6 is 0 Å². The minimum Gasteiger partial charge on any atom is -0.489 e. The van der Waals surface area contributed by atoms with Gasteiger partial charge >= 0.3 is 0 Å². The predicted molar refractivity (Wildman–Crippen MR) is 74.2 cm³/mol. The second-order valence-corrected chi connectivity index (χ2v) is 4.46. The average molecular weight is 264 g/mol. The monoisotopic (exact) mass is 264 g/mol. The molecule has 1 heterocycles. The van der Waals surface area contributed by atoms with Crippen molar-refractivity contribution in [2.75, 3.05) is 0 Å². The summed E-state index contributed by atoms with van der Waals surface area (Å²) in [6.45, 7) is 2.23. The lowest BCUT2D eigenvalue weighted by atomic mass is 10.1. The zero-order chi connectivity index (χ0) is 13.9. The van der Waals surface area contributed by atoms with E-state index in [-0.39, 0.29) is 0 Å². The summed E-state index contributed by atoms with van der Waals surface area (Å²) in [5.74, 6) is 1.37. The normalized spacial score (nSPS) is 10.4. The summed E-state index contributed by atoms with van der Waals surface area (Å²) in [4.78, 5) is 4.27. The number of benzene rings is 2. The fraction of sp³-hybridized carbons (Fsp3) is 0.125. The van der Waals surface area contributed by atoms with E-state index < -0.39 is 0 Å². The number of aromatic nitrogens is 1. The molecule has 3 rings (SSSR count). The number of hydrogen-bond acceptors (Lipinski definition) is 4. The summed E-state index contributed by atoms with van der Waals surface area (Å²) in [7, 11) is 0. The van der Waals surface area contributed by atoms with E-state index in [0.29, 0.717) is 18.1 Å². The predicted octanol–water partition coefficient (Wildman–Crippen LogP) is 3.59. The highest BCUT2D eigenvalue weighted by molar-refractivity contribution is 5.74. The first-order chi connectivity index (χ1) is 9.74. The Labute approximate surface area is 116 Å². The van der Waals surface area contributed by atoms with Crippen LogP contribution in [0.2, 0.25) is 0 Å². The van der Waals surface area contributed by atoms with Crippen LogP contribution in [0.15, 0.2) is 46.9 Å². The van der Waals surface area contributed by atoms with Gasteiger partial charge in [0.1, 0.15) is 17.9 Å². The molecule has 0 radical (unpaired) electrons. The summed E-state index contributed by atoms with van der Waals surface area (Å²) < 4.78 is 11.1. The Morgan fingerprint density at radius 3 is 3.00 bits per heavy atom.